The maximum absolute atomic E-state index is 13.1. The number of hydrogen-bond acceptors (Lipinski definition) is 6. The van der Waals surface area contributed by atoms with Gasteiger partial charge in [-0.05, 0) is 74.0 Å². The SMILES string of the molecule is CCOc1cc(C=C2N=C(c3ccc(C)cc3)OC2=O)ccc1OC(=O)c1ccc(F)cc1. The molecule has 1 aliphatic heterocycles. The number of nitrogens with zero attached hydrogens (tertiary/aromatic N) is 1. The maximum atomic E-state index is 13.1. The van der Waals surface area contributed by atoms with Gasteiger partial charge in [-0.2, -0.15) is 0 Å². The summed E-state index contributed by atoms with van der Waals surface area (Å²) in [6, 6.07) is 17.4. The summed E-state index contributed by atoms with van der Waals surface area (Å²) in [6.45, 7) is 4.09. The Morgan fingerprint density at radius 1 is 1.03 bits per heavy atom. The molecule has 0 radical (unpaired) electrons. The molecule has 33 heavy (non-hydrogen) atoms. The minimum atomic E-state index is -0.645. The molecule has 0 fully saturated rings. The number of carbonyl (C=O) groups excluding carboxylic acids is 2. The van der Waals surface area contributed by atoms with Crippen LogP contribution in [0.25, 0.3) is 6.08 Å². The molecule has 0 atom stereocenters. The maximum Gasteiger partial charge on any atom is 0.363 e. The zero-order chi connectivity index (χ0) is 23.4. The van der Waals surface area contributed by atoms with Gasteiger partial charge in [-0.15, -0.1) is 0 Å². The summed E-state index contributed by atoms with van der Waals surface area (Å²) in [7, 11) is 0. The number of aliphatic imine (C=N–C) groups is 1. The van der Waals surface area contributed by atoms with Crippen LogP contribution in [0.3, 0.4) is 0 Å². The fourth-order valence-electron chi connectivity index (χ4n) is 3.10. The van der Waals surface area contributed by atoms with Crippen LogP contribution in [0.1, 0.15) is 34.0 Å². The van der Waals surface area contributed by atoms with Crippen LogP contribution in [0.5, 0.6) is 11.5 Å². The summed E-state index contributed by atoms with van der Waals surface area (Å²) in [5.41, 5.74) is 2.75. The van der Waals surface area contributed by atoms with Gasteiger partial charge < -0.3 is 14.2 Å². The van der Waals surface area contributed by atoms with E-state index in [-0.39, 0.29) is 22.9 Å². The first-order valence-corrected chi connectivity index (χ1v) is 10.3. The van der Waals surface area contributed by atoms with E-state index >= 15 is 0 Å². The molecule has 0 N–H and O–H groups in total. The molecule has 0 saturated carbocycles. The van der Waals surface area contributed by atoms with Gasteiger partial charge in [0.05, 0.1) is 12.2 Å². The van der Waals surface area contributed by atoms with Crippen LogP contribution >= 0.6 is 0 Å². The molecule has 0 saturated heterocycles. The minimum absolute atomic E-state index is 0.143. The third-order valence-electron chi connectivity index (χ3n) is 4.77. The van der Waals surface area contributed by atoms with Crippen LogP contribution < -0.4 is 9.47 Å². The largest absolute Gasteiger partial charge is 0.490 e. The van der Waals surface area contributed by atoms with Crippen LogP contribution in [0.2, 0.25) is 0 Å². The van der Waals surface area contributed by atoms with Crippen molar-refractivity contribution in [1.29, 1.82) is 0 Å². The van der Waals surface area contributed by atoms with Gasteiger partial charge in [-0.25, -0.2) is 19.0 Å². The van der Waals surface area contributed by atoms with Gasteiger partial charge in [0.2, 0.25) is 5.90 Å². The van der Waals surface area contributed by atoms with E-state index in [4.69, 9.17) is 14.2 Å². The second-order valence-electron chi connectivity index (χ2n) is 7.24. The lowest BCUT2D eigenvalue weighted by atomic mass is 10.1. The second-order valence-corrected chi connectivity index (χ2v) is 7.24. The van der Waals surface area contributed by atoms with E-state index in [0.717, 1.165) is 5.56 Å². The van der Waals surface area contributed by atoms with Crippen LogP contribution in [0.4, 0.5) is 4.39 Å². The Morgan fingerprint density at radius 3 is 2.45 bits per heavy atom. The van der Waals surface area contributed by atoms with Gasteiger partial charge >= 0.3 is 11.9 Å². The summed E-state index contributed by atoms with van der Waals surface area (Å²) in [6.07, 6.45) is 1.57. The van der Waals surface area contributed by atoms with Crippen LogP contribution in [0.15, 0.2) is 77.4 Å². The standard InChI is InChI=1S/C26H20FNO5/c1-3-31-23-15-17(6-13-22(23)32-25(29)19-9-11-20(27)12-10-19)14-21-26(30)33-24(28-21)18-7-4-16(2)5-8-18/h4-15H,3H2,1-2H3. The highest BCUT2D eigenvalue weighted by Crippen LogP contribution is 2.31. The molecule has 166 valence electrons. The van der Waals surface area contributed by atoms with Gasteiger partial charge in [0.1, 0.15) is 5.82 Å². The highest BCUT2D eigenvalue weighted by atomic mass is 19.1. The molecule has 3 aromatic carbocycles. The molecule has 0 aliphatic carbocycles. The molecule has 7 heteroatoms. The van der Waals surface area contributed by atoms with E-state index in [0.29, 0.717) is 23.5 Å². The van der Waals surface area contributed by atoms with Crippen molar-refractivity contribution in [2.45, 2.75) is 13.8 Å². The molecule has 4 rings (SSSR count). The normalized spacial score (nSPS) is 14.1. The lowest BCUT2D eigenvalue weighted by molar-refractivity contribution is -0.129. The van der Waals surface area contributed by atoms with E-state index in [9.17, 15) is 14.0 Å². The Kier molecular flexibility index (Phi) is 6.31. The fourth-order valence-corrected chi connectivity index (χ4v) is 3.10. The number of aryl methyl sites for hydroxylation is 1. The Morgan fingerprint density at radius 2 is 1.76 bits per heavy atom. The van der Waals surface area contributed by atoms with Crippen molar-refractivity contribution in [2.24, 2.45) is 4.99 Å². The quantitative estimate of drug-likeness (QED) is 0.300. The number of ether oxygens (including phenoxy) is 3. The minimum Gasteiger partial charge on any atom is -0.490 e. The zero-order valence-corrected chi connectivity index (χ0v) is 18.0. The van der Waals surface area contributed by atoms with Crippen molar-refractivity contribution in [2.75, 3.05) is 6.61 Å². The average Bonchev–Trinajstić information content (AvgIpc) is 3.16. The Labute approximate surface area is 189 Å². The first-order valence-electron chi connectivity index (χ1n) is 10.3. The van der Waals surface area contributed by atoms with Crippen LogP contribution in [-0.2, 0) is 9.53 Å². The van der Waals surface area contributed by atoms with E-state index in [1.54, 1.807) is 31.2 Å². The van der Waals surface area contributed by atoms with Crippen molar-refractivity contribution in [3.8, 4) is 11.5 Å². The smallest absolute Gasteiger partial charge is 0.363 e. The van der Waals surface area contributed by atoms with Crippen molar-refractivity contribution in [3.05, 3.63) is 100 Å². The number of hydrogen-bond donors (Lipinski definition) is 0. The third-order valence-corrected chi connectivity index (χ3v) is 4.77. The van der Waals surface area contributed by atoms with Crippen molar-refractivity contribution >= 4 is 23.9 Å². The van der Waals surface area contributed by atoms with Gasteiger partial charge in [-0.1, -0.05) is 23.8 Å². The molecule has 0 spiro atoms. The van der Waals surface area contributed by atoms with Crippen molar-refractivity contribution < 1.29 is 28.2 Å². The molecule has 0 bridgehead atoms. The molecule has 1 heterocycles. The number of esters is 2. The van der Waals surface area contributed by atoms with Crippen molar-refractivity contribution in [1.82, 2.24) is 0 Å². The number of rotatable bonds is 6. The van der Waals surface area contributed by atoms with Gasteiger partial charge in [-0.3, -0.25) is 0 Å². The highest BCUT2D eigenvalue weighted by Gasteiger charge is 2.24. The van der Waals surface area contributed by atoms with Gasteiger partial charge in [0.25, 0.3) is 0 Å². The van der Waals surface area contributed by atoms with E-state index in [1.807, 2.05) is 31.2 Å². The van der Waals surface area contributed by atoms with Gasteiger partial charge in [0.15, 0.2) is 17.2 Å². The molecule has 0 unspecified atom stereocenters. The predicted octanol–water partition coefficient (Wildman–Crippen LogP) is 5.10. The Balaban J connectivity index is 1.58. The summed E-state index contributed by atoms with van der Waals surface area (Å²) in [5, 5.41) is 0. The number of halogens is 1. The van der Waals surface area contributed by atoms with E-state index < -0.39 is 17.8 Å². The molecule has 1 aliphatic rings. The predicted molar refractivity (Wildman–Crippen MR) is 121 cm³/mol. The monoisotopic (exact) mass is 445 g/mol. The molecular weight excluding hydrogens is 425 g/mol. The highest BCUT2D eigenvalue weighted by molar-refractivity contribution is 6.12. The first kappa shape index (κ1) is 22.0. The van der Waals surface area contributed by atoms with Crippen LogP contribution in [-0.4, -0.2) is 24.4 Å². The summed E-state index contributed by atoms with van der Waals surface area (Å²) >= 11 is 0. The molecule has 0 amide bonds. The summed E-state index contributed by atoms with van der Waals surface area (Å²) in [5.74, 6) is -0.898. The molecular formula is C26H20FNO5. The lowest BCUT2D eigenvalue weighted by Gasteiger charge is -2.11. The Bertz CT molecular complexity index is 1260. The summed E-state index contributed by atoms with van der Waals surface area (Å²) in [4.78, 5) is 29.0. The van der Waals surface area contributed by atoms with Gasteiger partial charge in [0, 0.05) is 5.56 Å². The lowest BCUT2D eigenvalue weighted by Crippen LogP contribution is -2.09. The molecule has 0 aromatic heterocycles. The summed E-state index contributed by atoms with van der Waals surface area (Å²) < 4.78 is 29.4. The Hall–Kier alpha value is -4.26. The number of benzene rings is 3. The topological polar surface area (TPSA) is 74.2 Å². The fraction of sp³-hybridized carbons (Fsp3) is 0.115. The third kappa shape index (κ3) is 5.15. The number of cyclic esters (lactones) is 1. The average molecular weight is 445 g/mol. The second kappa shape index (κ2) is 9.48. The van der Waals surface area contributed by atoms with Crippen LogP contribution in [0, 0.1) is 12.7 Å². The first-order chi connectivity index (χ1) is 15.9. The molecule has 3 aromatic rings. The van der Waals surface area contributed by atoms with E-state index in [2.05, 4.69) is 4.99 Å². The zero-order valence-electron chi connectivity index (χ0n) is 18.0. The van der Waals surface area contributed by atoms with E-state index in [1.165, 1.54) is 24.3 Å². The van der Waals surface area contributed by atoms with Crippen molar-refractivity contribution in [3.63, 3.8) is 0 Å². The number of carbonyl (C=O) groups is 2. The molecule has 6 nitrogen and oxygen atoms in total.